The molecule has 0 aromatic rings. The highest BCUT2D eigenvalue weighted by Crippen LogP contribution is 2.31. The molecular formula is C15H25N3O3. The zero-order valence-corrected chi connectivity index (χ0v) is 12.9. The second-order valence-electron chi connectivity index (χ2n) is 6.13. The van der Waals surface area contributed by atoms with Crippen molar-refractivity contribution in [2.75, 3.05) is 13.6 Å². The van der Waals surface area contributed by atoms with Gasteiger partial charge in [-0.25, -0.2) is 0 Å². The fourth-order valence-electron chi connectivity index (χ4n) is 3.47. The van der Waals surface area contributed by atoms with E-state index >= 15 is 0 Å². The lowest BCUT2D eigenvalue weighted by Gasteiger charge is -2.40. The normalized spacial score (nSPS) is 25.6. The van der Waals surface area contributed by atoms with E-state index in [-0.39, 0.29) is 29.8 Å². The molecule has 21 heavy (non-hydrogen) atoms. The summed E-state index contributed by atoms with van der Waals surface area (Å²) in [6.07, 6.45) is 6.27. The Bertz CT molecular complexity index is 430. The molecule has 0 spiro atoms. The van der Waals surface area contributed by atoms with Crippen molar-refractivity contribution in [1.82, 2.24) is 15.5 Å². The molecule has 118 valence electrons. The van der Waals surface area contributed by atoms with Gasteiger partial charge in [0.05, 0.1) is 0 Å². The van der Waals surface area contributed by atoms with Crippen molar-refractivity contribution in [2.45, 2.75) is 63.5 Å². The first kappa shape index (κ1) is 15.9. The topological polar surface area (TPSA) is 78.5 Å². The molecule has 2 aliphatic rings. The molecule has 0 bridgehead atoms. The third kappa shape index (κ3) is 3.43. The lowest BCUT2D eigenvalue weighted by Crippen LogP contribution is -2.61. The van der Waals surface area contributed by atoms with Crippen molar-refractivity contribution in [2.24, 2.45) is 0 Å². The molecule has 1 unspecified atom stereocenters. The van der Waals surface area contributed by atoms with Crippen LogP contribution in [0.4, 0.5) is 0 Å². The van der Waals surface area contributed by atoms with E-state index in [1.165, 1.54) is 11.3 Å². The van der Waals surface area contributed by atoms with Gasteiger partial charge in [0.1, 0.15) is 12.6 Å². The van der Waals surface area contributed by atoms with Gasteiger partial charge in [0.25, 0.3) is 0 Å². The average molecular weight is 295 g/mol. The second-order valence-corrected chi connectivity index (χ2v) is 6.13. The van der Waals surface area contributed by atoms with Crippen LogP contribution in [0.25, 0.3) is 0 Å². The standard InChI is InChI=1S/C15H25N3O3/c1-3-11-14(21)17-12(19)10-18(11)13(20)9-15(16-2)7-5-4-6-8-15/h11,16H,3-10H2,1-2H3,(H,17,19,21). The van der Waals surface area contributed by atoms with Gasteiger partial charge in [-0.15, -0.1) is 0 Å². The van der Waals surface area contributed by atoms with Crippen LogP contribution in [0.1, 0.15) is 51.9 Å². The Balaban J connectivity index is 2.09. The molecule has 1 heterocycles. The molecule has 1 aliphatic carbocycles. The summed E-state index contributed by atoms with van der Waals surface area (Å²) in [5.74, 6) is -0.842. The van der Waals surface area contributed by atoms with E-state index in [4.69, 9.17) is 0 Å². The van der Waals surface area contributed by atoms with Crippen LogP contribution in [-0.4, -0.2) is 47.8 Å². The predicted octanol–water partition coefficient (Wildman–Crippen LogP) is 0.562. The molecule has 1 aliphatic heterocycles. The Morgan fingerprint density at radius 2 is 2.00 bits per heavy atom. The van der Waals surface area contributed by atoms with E-state index in [0.717, 1.165) is 25.7 Å². The maximum absolute atomic E-state index is 12.6. The Labute approximate surface area is 125 Å². The van der Waals surface area contributed by atoms with Crippen LogP contribution in [0, 0.1) is 0 Å². The number of carbonyl (C=O) groups is 3. The summed E-state index contributed by atoms with van der Waals surface area (Å²) < 4.78 is 0. The van der Waals surface area contributed by atoms with Crippen LogP contribution in [0.3, 0.4) is 0 Å². The number of piperazine rings is 1. The highest BCUT2D eigenvalue weighted by atomic mass is 16.2. The Morgan fingerprint density at radius 3 is 2.57 bits per heavy atom. The van der Waals surface area contributed by atoms with Crippen LogP contribution in [0.15, 0.2) is 0 Å². The molecule has 1 saturated carbocycles. The van der Waals surface area contributed by atoms with Crippen molar-refractivity contribution < 1.29 is 14.4 Å². The van der Waals surface area contributed by atoms with Crippen molar-refractivity contribution >= 4 is 17.7 Å². The molecule has 0 radical (unpaired) electrons. The maximum Gasteiger partial charge on any atom is 0.249 e. The van der Waals surface area contributed by atoms with E-state index in [2.05, 4.69) is 10.6 Å². The minimum absolute atomic E-state index is 0.0110. The number of nitrogens with one attached hydrogen (secondary N) is 2. The number of carbonyl (C=O) groups excluding carboxylic acids is 3. The van der Waals surface area contributed by atoms with Gasteiger partial charge in [0.15, 0.2) is 0 Å². The van der Waals surface area contributed by atoms with Gasteiger partial charge in [0, 0.05) is 12.0 Å². The minimum Gasteiger partial charge on any atom is -0.321 e. The largest absolute Gasteiger partial charge is 0.321 e. The summed E-state index contributed by atoms with van der Waals surface area (Å²) in [5.41, 5.74) is -0.176. The molecule has 1 atom stereocenters. The van der Waals surface area contributed by atoms with Gasteiger partial charge in [-0.3, -0.25) is 19.7 Å². The molecule has 3 amide bonds. The maximum atomic E-state index is 12.6. The fourth-order valence-corrected chi connectivity index (χ4v) is 3.47. The monoisotopic (exact) mass is 295 g/mol. The van der Waals surface area contributed by atoms with E-state index in [1.807, 2.05) is 14.0 Å². The molecule has 0 aromatic carbocycles. The highest BCUT2D eigenvalue weighted by molar-refractivity contribution is 6.04. The van der Waals surface area contributed by atoms with E-state index in [0.29, 0.717) is 12.8 Å². The van der Waals surface area contributed by atoms with E-state index < -0.39 is 6.04 Å². The summed E-state index contributed by atoms with van der Waals surface area (Å²) in [5, 5.41) is 5.61. The van der Waals surface area contributed by atoms with Gasteiger partial charge in [-0.2, -0.15) is 0 Å². The van der Waals surface area contributed by atoms with E-state index in [9.17, 15) is 14.4 Å². The first-order valence-corrected chi connectivity index (χ1v) is 7.83. The Morgan fingerprint density at radius 1 is 1.33 bits per heavy atom. The van der Waals surface area contributed by atoms with E-state index in [1.54, 1.807) is 0 Å². The minimum atomic E-state index is -0.521. The molecule has 6 heteroatoms. The lowest BCUT2D eigenvalue weighted by atomic mass is 9.79. The SMILES string of the molecule is CCC1C(=O)NC(=O)CN1C(=O)CC1(NC)CCCCC1. The smallest absolute Gasteiger partial charge is 0.249 e. The molecule has 2 N–H and O–H groups in total. The van der Waals surface area contributed by atoms with Crippen molar-refractivity contribution in [1.29, 1.82) is 0 Å². The lowest BCUT2D eigenvalue weighted by molar-refractivity contribution is -0.151. The average Bonchev–Trinajstić information content (AvgIpc) is 2.47. The highest BCUT2D eigenvalue weighted by Gasteiger charge is 2.39. The van der Waals surface area contributed by atoms with Crippen LogP contribution >= 0.6 is 0 Å². The van der Waals surface area contributed by atoms with Gasteiger partial charge in [-0.05, 0) is 26.3 Å². The summed E-state index contributed by atoms with van der Waals surface area (Å²) in [6.45, 7) is 1.84. The van der Waals surface area contributed by atoms with Gasteiger partial charge >= 0.3 is 0 Å². The number of imide groups is 1. The Kier molecular flexibility index (Phi) is 4.98. The summed E-state index contributed by atoms with van der Waals surface area (Å²) >= 11 is 0. The summed E-state index contributed by atoms with van der Waals surface area (Å²) in [4.78, 5) is 37.5. The zero-order valence-electron chi connectivity index (χ0n) is 12.9. The molecule has 2 rings (SSSR count). The van der Waals surface area contributed by atoms with Crippen LogP contribution < -0.4 is 10.6 Å². The first-order valence-electron chi connectivity index (χ1n) is 7.83. The molecular weight excluding hydrogens is 270 g/mol. The van der Waals surface area contributed by atoms with Crippen molar-refractivity contribution in [3.63, 3.8) is 0 Å². The quantitative estimate of drug-likeness (QED) is 0.743. The predicted molar refractivity (Wildman–Crippen MR) is 78.4 cm³/mol. The van der Waals surface area contributed by atoms with Crippen LogP contribution in [0.5, 0.6) is 0 Å². The number of amides is 3. The van der Waals surface area contributed by atoms with Gasteiger partial charge in [0.2, 0.25) is 17.7 Å². The Hall–Kier alpha value is -1.43. The van der Waals surface area contributed by atoms with Crippen molar-refractivity contribution in [3.05, 3.63) is 0 Å². The molecule has 2 fully saturated rings. The fraction of sp³-hybridized carbons (Fsp3) is 0.800. The third-order valence-corrected chi connectivity index (χ3v) is 4.79. The van der Waals surface area contributed by atoms with Crippen LogP contribution in [0.2, 0.25) is 0 Å². The van der Waals surface area contributed by atoms with Crippen LogP contribution in [-0.2, 0) is 14.4 Å². The molecule has 1 saturated heterocycles. The summed E-state index contributed by atoms with van der Waals surface area (Å²) in [7, 11) is 1.89. The number of hydrogen-bond acceptors (Lipinski definition) is 4. The zero-order chi connectivity index (χ0) is 15.5. The number of nitrogens with zero attached hydrogens (tertiary/aromatic N) is 1. The van der Waals surface area contributed by atoms with Gasteiger partial charge in [-0.1, -0.05) is 26.2 Å². The first-order chi connectivity index (χ1) is 10.0. The molecule has 0 aromatic heterocycles. The summed E-state index contributed by atoms with van der Waals surface area (Å²) in [6, 6.07) is -0.521. The van der Waals surface area contributed by atoms with Crippen molar-refractivity contribution in [3.8, 4) is 0 Å². The number of hydrogen-bond donors (Lipinski definition) is 2. The number of rotatable bonds is 4. The van der Waals surface area contributed by atoms with Gasteiger partial charge < -0.3 is 10.2 Å². The molecule has 6 nitrogen and oxygen atoms in total. The second kappa shape index (κ2) is 6.56. The third-order valence-electron chi connectivity index (χ3n) is 4.79.